The number of hydrogen-bond donors (Lipinski definition) is 4. The number of anilines is 2. The second-order valence-corrected chi connectivity index (χ2v) is 16.9. The number of nitrogens with one attached hydrogen (secondary N) is 2. The summed E-state index contributed by atoms with van der Waals surface area (Å²) in [6, 6.07) is 1.28. The summed E-state index contributed by atoms with van der Waals surface area (Å²) in [6.07, 6.45) is 8.77. The molecule has 1 amide bonds. The second-order valence-electron chi connectivity index (χ2n) is 16.9. The first-order chi connectivity index (χ1) is 27.8. The number of rotatable bonds is 17. The van der Waals surface area contributed by atoms with Crippen molar-refractivity contribution in [2.75, 3.05) is 51.0 Å². The number of aromatic nitrogens is 2. The number of unbranched alkanes of at least 4 members (excludes halogenated alkanes) is 3. The lowest BCUT2D eigenvalue weighted by Gasteiger charge is -2.32. The molecule has 2 atom stereocenters. The van der Waals surface area contributed by atoms with Gasteiger partial charge in [-0.1, -0.05) is 79.7 Å². The summed E-state index contributed by atoms with van der Waals surface area (Å²) in [6.45, 7) is 15.4. The molecule has 4 rings (SSSR count). The Morgan fingerprint density at radius 1 is 1.08 bits per heavy atom. The highest BCUT2D eigenvalue weighted by atomic mass is 19.4. The van der Waals surface area contributed by atoms with Gasteiger partial charge in [-0.15, -0.1) is 0 Å². The number of fused-ring (bicyclic) bond motifs is 1. The van der Waals surface area contributed by atoms with Crippen molar-refractivity contribution in [2.24, 2.45) is 28.0 Å². The van der Waals surface area contributed by atoms with Crippen LogP contribution < -0.4 is 21.1 Å². The van der Waals surface area contributed by atoms with Crippen molar-refractivity contribution in [3.8, 4) is 6.01 Å². The Morgan fingerprint density at radius 3 is 2.37 bits per heavy atom. The van der Waals surface area contributed by atoms with Crippen molar-refractivity contribution in [3.05, 3.63) is 57.4 Å². The number of carbonyl (C=O) groups excluding carboxylic acids is 1. The van der Waals surface area contributed by atoms with Crippen LogP contribution in [0.1, 0.15) is 126 Å². The molecular formula is C45H64F3N9O2. The average molecular weight is 820 g/mol. The van der Waals surface area contributed by atoms with Crippen molar-refractivity contribution >= 4 is 52.3 Å². The highest BCUT2D eigenvalue weighted by Crippen LogP contribution is 2.47. The maximum Gasteiger partial charge on any atom is 0.417 e. The van der Waals surface area contributed by atoms with E-state index in [-0.39, 0.29) is 80.8 Å². The van der Waals surface area contributed by atoms with Crippen LogP contribution in [0.4, 0.5) is 24.7 Å². The third kappa shape index (κ3) is 11.2. The number of aliphatic imine (C=N–C) groups is 1. The van der Waals surface area contributed by atoms with Gasteiger partial charge in [0.05, 0.1) is 47.1 Å². The summed E-state index contributed by atoms with van der Waals surface area (Å²) >= 11 is 0. The molecule has 2 aliphatic rings. The maximum absolute atomic E-state index is 15.1. The zero-order valence-corrected chi connectivity index (χ0v) is 36.4. The molecular weight excluding hydrogens is 756 g/mol. The number of allylic oxidation sites excluding steroid dienone is 3. The predicted octanol–water partition coefficient (Wildman–Crippen LogP) is 9.37. The van der Waals surface area contributed by atoms with E-state index in [4.69, 9.17) is 36.6 Å². The summed E-state index contributed by atoms with van der Waals surface area (Å²) in [5.74, 6) is 0.0741. The summed E-state index contributed by atoms with van der Waals surface area (Å²) < 4.78 is 51.7. The maximum atomic E-state index is 15.1. The molecule has 0 saturated heterocycles. The number of amides is 1. The molecule has 2 aromatic rings. The molecule has 1 aliphatic heterocycles. The number of aryl methyl sites for hydroxylation is 1. The Morgan fingerprint density at radius 2 is 1.76 bits per heavy atom. The Kier molecular flexibility index (Phi) is 15.7. The molecule has 1 aromatic heterocycles. The third-order valence-corrected chi connectivity index (χ3v) is 11.4. The fourth-order valence-electron chi connectivity index (χ4n) is 7.55. The van der Waals surface area contributed by atoms with Gasteiger partial charge in [-0.3, -0.25) is 15.2 Å². The van der Waals surface area contributed by atoms with Gasteiger partial charge in [0.15, 0.2) is 0 Å². The van der Waals surface area contributed by atoms with E-state index in [1.165, 1.54) is 24.0 Å². The standard InChI is InChI=1S/C45H64F3N9O2/c1-10-12-14-17-44(7,16-13-11-2)26-59-43-54-36-23-32(37-33(24-49)34(50)21-29(6)39(37)45(46,47)48)40(52)31(20-28(5)27(3)4)38(36)41(55-43)57-19-15-18-53-30(25-57)22-35(51)42(58)56(8)9/h20-24,27-28,49,52H,10-19,25-26,50-51H2,1-9H3/b31-20-,35-22-,49-24?,52-40?. The number of halogens is 3. The molecule has 1 aliphatic carbocycles. The van der Waals surface area contributed by atoms with Crippen LogP contribution in [0.25, 0.3) is 17.2 Å². The molecule has 322 valence electrons. The average Bonchev–Trinajstić information content (AvgIpc) is 3.41. The Labute approximate surface area is 348 Å². The summed E-state index contributed by atoms with van der Waals surface area (Å²) in [4.78, 5) is 30.9. The van der Waals surface area contributed by atoms with Crippen LogP contribution in [0, 0.1) is 35.0 Å². The number of hydrogen-bond acceptors (Lipinski definition) is 10. The van der Waals surface area contributed by atoms with Crippen LogP contribution in [-0.4, -0.2) is 78.7 Å². The first kappa shape index (κ1) is 46.7. The lowest BCUT2D eigenvalue weighted by atomic mass is 9.79. The Bertz CT molecular complexity index is 2020. The SMILES string of the molecule is CCCCCC(C)(CCCC)COc1nc2c(c(N3CCCN=C(/C=C(\N)C(=O)N(C)C)C3)n1)/C(=C/C(C)C(C)C)C(=N)C(c1c(C=N)c(N)cc(C)c1C(F)(F)F)=C2. The van der Waals surface area contributed by atoms with Gasteiger partial charge in [-0.2, -0.15) is 23.1 Å². The molecule has 2 heterocycles. The van der Waals surface area contributed by atoms with E-state index < -0.39 is 11.7 Å². The summed E-state index contributed by atoms with van der Waals surface area (Å²) in [5, 5.41) is 18.0. The second kappa shape index (κ2) is 19.8. The summed E-state index contributed by atoms with van der Waals surface area (Å²) in [7, 11) is 3.24. The van der Waals surface area contributed by atoms with Gasteiger partial charge in [0.1, 0.15) is 5.82 Å². The molecule has 1 aromatic carbocycles. The van der Waals surface area contributed by atoms with Gasteiger partial charge >= 0.3 is 12.2 Å². The molecule has 0 saturated carbocycles. The van der Waals surface area contributed by atoms with Crippen molar-refractivity contribution in [2.45, 2.75) is 106 Å². The number of nitrogens with two attached hydrogens (primary N) is 2. The molecule has 0 radical (unpaired) electrons. The van der Waals surface area contributed by atoms with E-state index in [2.05, 4.69) is 20.8 Å². The van der Waals surface area contributed by atoms with Gasteiger partial charge in [0.25, 0.3) is 5.91 Å². The van der Waals surface area contributed by atoms with Crippen molar-refractivity contribution in [3.63, 3.8) is 0 Å². The highest BCUT2D eigenvalue weighted by molar-refractivity contribution is 6.49. The number of carbonyl (C=O) groups is 1. The summed E-state index contributed by atoms with van der Waals surface area (Å²) in [5.41, 5.74) is 12.3. The molecule has 11 nitrogen and oxygen atoms in total. The van der Waals surface area contributed by atoms with E-state index in [0.29, 0.717) is 48.8 Å². The van der Waals surface area contributed by atoms with E-state index >= 15 is 13.2 Å². The van der Waals surface area contributed by atoms with E-state index in [1.54, 1.807) is 20.2 Å². The van der Waals surface area contributed by atoms with Gasteiger partial charge < -0.3 is 31.4 Å². The normalized spacial score (nSPS) is 17.2. The minimum absolute atomic E-state index is 0.000582. The third-order valence-electron chi connectivity index (χ3n) is 11.4. The zero-order chi connectivity index (χ0) is 43.8. The van der Waals surface area contributed by atoms with Gasteiger partial charge in [0.2, 0.25) is 0 Å². The quantitative estimate of drug-likeness (QED) is 0.0533. The first-order valence-electron chi connectivity index (χ1n) is 20.8. The zero-order valence-electron chi connectivity index (χ0n) is 36.4. The van der Waals surface area contributed by atoms with Crippen LogP contribution in [0.3, 0.4) is 0 Å². The van der Waals surface area contributed by atoms with E-state index in [1.807, 2.05) is 31.7 Å². The van der Waals surface area contributed by atoms with Crippen molar-refractivity contribution in [1.82, 2.24) is 14.9 Å². The molecule has 0 spiro atoms. The topological polar surface area (TPSA) is 171 Å². The molecule has 2 unspecified atom stereocenters. The fourth-order valence-corrected chi connectivity index (χ4v) is 7.55. The van der Waals surface area contributed by atoms with Gasteiger partial charge in [-0.05, 0) is 61.8 Å². The molecule has 14 heteroatoms. The molecule has 0 bridgehead atoms. The first-order valence-corrected chi connectivity index (χ1v) is 20.8. The number of nitrogens with zero attached hydrogens (tertiary/aromatic N) is 5. The predicted molar refractivity (Wildman–Crippen MR) is 235 cm³/mol. The van der Waals surface area contributed by atoms with E-state index in [9.17, 15) is 10.2 Å². The molecule has 0 fully saturated rings. The monoisotopic (exact) mass is 820 g/mol. The van der Waals surface area contributed by atoms with Gasteiger partial charge in [0, 0.05) is 66.8 Å². The fraction of sp³-hybridized carbons (Fsp3) is 0.556. The Hall–Kier alpha value is -5.01. The van der Waals surface area contributed by atoms with Crippen LogP contribution in [0.5, 0.6) is 6.01 Å². The number of alkyl halides is 3. The largest absolute Gasteiger partial charge is 0.463 e. The highest BCUT2D eigenvalue weighted by Gasteiger charge is 2.41. The van der Waals surface area contributed by atoms with Crippen molar-refractivity contribution in [1.29, 1.82) is 10.8 Å². The van der Waals surface area contributed by atoms with Crippen LogP contribution >= 0.6 is 0 Å². The lowest BCUT2D eigenvalue weighted by molar-refractivity contribution is -0.138. The van der Waals surface area contributed by atoms with E-state index in [0.717, 1.165) is 51.2 Å². The number of benzene rings is 1. The smallest absolute Gasteiger partial charge is 0.417 e. The van der Waals surface area contributed by atoms with Gasteiger partial charge in [-0.25, -0.2) is 0 Å². The van der Waals surface area contributed by atoms with Crippen LogP contribution in [-0.2, 0) is 11.0 Å². The van der Waals surface area contributed by atoms with Crippen LogP contribution in [0.15, 0.2) is 28.9 Å². The van der Waals surface area contributed by atoms with Crippen molar-refractivity contribution < 1.29 is 22.7 Å². The molecule has 6 N–H and O–H groups in total. The number of likely N-dealkylation sites (N-methyl/N-ethyl adjacent to an activating group) is 1. The lowest BCUT2D eigenvalue weighted by Crippen LogP contribution is -2.33. The number of ether oxygens (including phenoxy) is 1. The Balaban J connectivity index is 2.07. The molecule has 59 heavy (non-hydrogen) atoms. The number of nitrogen functional groups attached to an aromatic ring is 1. The van der Waals surface area contributed by atoms with Crippen LogP contribution in [0.2, 0.25) is 0 Å². The minimum atomic E-state index is -4.82. The minimum Gasteiger partial charge on any atom is -0.463 e.